The van der Waals surface area contributed by atoms with E-state index in [4.69, 9.17) is 0 Å². The van der Waals surface area contributed by atoms with E-state index in [0.29, 0.717) is 0 Å². The van der Waals surface area contributed by atoms with Gasteiger partial charge in [0.25, 0.3) is 0 Å². The predicted molar refractivity (Wildman–Crippen MR) is 235 cm³/mol. The lowest BCUT2D eigenvalue weighted by Crippen LogP contribution is -2.30. The van der Waals surface area contributed by atoms with E-state index in [1.807, 2.05) is 0 Å². The Hall–Kier alpha value is -7.22. The van der Waals surface area contributed by atoms with Crippen LogP contribution in [0.4, 0.5) is 17.1 Å². The predicted octanol–water partition coefficient (Wildman–Crippen LogP) is 14.5. The minimum atomic E-state index is -0.617. The van der Waals surface area contributed by atoms with Gasteiger partial charge >= 0.3 is 0 Å². The van der Waals surface area contributed by atoms with Crippen LogP contribution in [0.25, 0.3) is 44.5 Å². The van der Waals surface area contributed by atoms with E-state index in [1.54, 1.807) is 0 Å². The van der Waals surface area contributed by atoms with E-state index in [0.717, 1.165) is 17.1 Å². The average molecular weight is 714 g/mol. The molecule has 264 valence electrons. The number of nitrogens with zero attached hydrogens (tertiary/aromatic N) is 1. The van der Waals surface area contributed by atoms with Crippen LogP contribution in [0.2, 0.25) is 0 Å². The van der Waals surface area contributed by atoms with Crippen molar-refractivity contribution < 1.29 is 0 Å². The first-order valence-corrected chi connectivity index (χ1v) is 19.3. The second-order valence-corrected chi connectivity index (χ2v) is 14.5. The minimum Gasteiger partial charge on any atom is -0.310 e. The van der Waals surface area contributed by atoms with Gasteiger partial charge in [0, 0.05) is 16.9 Å². The molecule has 0 aliphatic heterocycles. The topological polar surface area (TPSA) is 3.24 Å². The quantitative estimate of drug-likeness (QED) is 0.152. The summed E-state index contributed by atoms with van der Waals surface area (Å²) in [7, 11) is 0. The van der Waals surface area contributed by atoms with Crippen LogP contribution in [0.5, 0.6) is 0 Å². The zero-order valence-corrected chi connectivity index (χ0v) is 31.0. The highest BCUT2D eigenvalue weighted by Gasteiger charge is 2.48. The maximum Gasteiger partial charge on any atom is 0.0734 e. The molecule has 0 amide bonds. The molecule has 9 aromatic rings. The second kappa shape index (κ2) is 14.2. The maximum absolute atomic E-state index is 2.48. The molecule has 0 spiro atoms. The average Bonchev–Trinajstić information content (AvgIpc) is 3.60. The van der Waals surface area contributed by atoms with Crippen LogP contribution in [-0.2, 0) is 5.41 Å². The molecule has 9 aromatic carbocycles. The summed E-state index contributed by atoms with van der Waals surface area (Å²) in [6, 6.07) is 86.3. The van der Waals surface area contributed by atoms with Crippen molar-refractivity contribution in [3.63, 3.8) is 0 Å². The van der Waals surface area contributed by atoms with E-state index < -0.39 is 5.41 Å². The van der Waals surface area contributed by atoms with Gasteiger partial charge in [0.2, 0.25) is 0 Å². The van der Waals surface area contributed by atoms with Crippen molar-refractivity contribution in [1.82, 2.24) is 0 Å². The molecule has 0 fully saturated rings. The van der Waals surface area contributed by atoms with Crippen LogP contribution in [0.1, 0.15) is 22.3 Å². The first-order valence-electron chi connectivity index (χ1n) is 19.3. The Bertz CT molecular complexity index is 2770. The third-order valence-corrected chi connectivity index (χ3v) is 11.3. The van der Waals surface area contributed by atoms with E-state index >= 15 is 0 Å². The first kappa shape index (κ1) is 33.4. The first-order chi connectivity index (χ1) is 27.8. The maximum atomic E-state index is 2.48. The SMILES string of the molecule is c1ccc(-c2ccc(N(c3cccc(-c4ccccc4)c3)c3cccc4c3C(c3ccccc3)(c3cccc(-c5ccccc5)c3)c3ccccc3-4)cc2)cc1. The summed E-state index contributed by atoms with van der Waals surface area (Å²) < 4.78 is 0. The van der Waals surface area contributed by atoms with Crippen LogP contribution >= 0.6 is 0 Å². The van der Waals surface area contributed by atoms with Crippen LogP contribution in [0.15, 0.2) is 237 Å². The fourth-order valence-corrected chi connectivity index (χ4v) is 8.86. The molecule has 56 heavy (non-hydrogen) atoms. The number of rotatable bonds is 8. The van der Waals surface area contributed by atoms with Gasteiger partial charge in [0.05, 0.1) is 11.1 Å². The van der Waals surface area contributed by atoms with Gasteiger partial charge in [0.15, 0.2) is 0 Å². The van der Waals surface area contributed by atoms with Gasteiger partial charge in [-0.3, -0.25) is 0 Å². The lowest BCUT2D eigenvalue weighted by atomic mass is 9.66. The second-order valence-electron chi connectivity index (χ2n) is 14.5. The number of hydrogen-bond donors (Lipinski definition) is 0. The van der Waals surface area contributed by atoms with E-state index in [-0.39, 0.29) is 0 Å². The molecule has 0 radical (unpaired) electrons. The molecule has 1 nitrogen and oxygen atoms in total. The summed E-state index contributed by atoms with van der Waals surface area (Å²) in [5.74, 6) is 0. The van der Waals surface area contributed by atoms with E-state index in [2.05, 4.69) is 241 Å². The van der Waals surface area contributed by atoms with Crippen molar-refractivity contribution in [3.05, 3.63) is 259 Å². The number of anilines is 3. The molecular weight excluding hydrogens is 675 g/mol. The van der Waals surface area contributed by atoms with Crippen molar-refractivity contribution in [1.29, 1.82) is 0 Å². The van der Waals surface area contributed by atoms with Gasteiger partial charge in [-0.15, -0.1) is 0 Å². The third-order valence-electron chi connectivity index (χ3n) is 11.3. The highest BCUT2D eigenvalue weighted by Crippen LogP contribution is 2.60. The van der Waals surface area contributed by atoms with Gasteiger partial charge in [-0.05, 0) is 97.6 Å². The highest BCUT2D eigenvalue weighted by molar-refractivity contribution is 5.95. The molecule has 1 aliphatic carbocycles. The standard InChI is InChI=1S/C55H39N/c1-5-18-40(19-6-1)43-34-36-48(37-35-43)56(49-29-16-25-45(39-49)42-22-9-3-10-23-42)53-33-17-31-51-50-30-13-14-32-52(50)55(54(51)53,46-26-11-4-12-27-46)47-28-15-24-44(38-47)41-20-7-2-8-21-41/h1-39H. The van der Waals surface area contributed by atoms with Gasteiger partial charge < -0.3 is 4.90 Å². The molecule has 0 N–H and O–H groups in total. The Kier molecular flexibility index (Phi) is 8.46. The van der Waals surface area contributed by atoms with E-state index in [9.17, 15) is 0 Å². The molecule has 1 aliphatic rings. The lowest BCUT2D eigenvalue weighted by molar-refractivity contribution is 0.768. The van der Waals surface area contributed by atoms with Crippen molar-refractivity contribution in [2.45, 2.75) is 5.41 Å². The Labute approximate surface area is 329 Å². The van der Waals surface area contributed by atoms with Gasteiger partial charge in [-0.25, -0.2) is 0 Å². The fraction of sp³-hybridized carbons (Fsp3) is 0.0182. The molecule has 1 heteroatoms. The summed E-state index contributed by atoms with van der Waals surface area (Å²) in [6.07, 6.45) is 0. The molecule has 0 aromatic heterocycles. The van der Waals surface area contributed by atoms with Crippen LogP contribution in [0.3, 0.4) is 0 Å². The fourth-order valence-electron chi connectivity index (χ4n) is 8.86. The largest absolute Gasteiger partial charge is 0.310 e. The van der Waals surface area contributed by atoms with Gasteiger partial charge in [0.1, 0.15) is 0 Å². The zero-order chi connectivity index (χ0) is 37.3. The van der Waals surface area contributed by atoms with Crippen LogP contribution in [0, 0.1) is 0 Å². The lowest BCUT2D eigenvalue weighted by Gasteiger charge is -2.38. The summed E-state index contributed by atoms with van der Waals surface area (Å²) >= 11 is 0. The molecular formula is C55H39N. The summed E-state index contributed by atoms with van der Waals surface area (Å²) in [5, 5.41) is 0. The van der Waals surface area contributed by atoms with E-state index in [1.165, 1.54) is 66.8 Å². The molecule has 10 rings (SSSR count). The molecule has 0 saturated carbocycles. The molecule has 0 bridgehead atoms. The highest BCUT2D eigenvalue weighted by atomic mass is 15.1. The third kappa shape index (κ3) is 5.65. The molecule has 0 saturated heterocycles. The normalized spacial score (nSPS) is 14.1. The number of benzene rings is 9. The van der Waals surface area contributed by atoms with Crippen LogP contribution in [-0.4, -0.2) is 0 Å². The summed E-state index contributed by atoms with van der Waals surface area (Å²) in [5.41, 5.74) is 17.4. The van der Waals surface area contributed by atoms with Crippen molar-refractivity contribution in [2.24, 2.45) is 0 Å². The van der Waals surface area contributed by atoms with Crippen molar-refractivity contribution >= 4 is 17.1 Å². The zero-order valence-electron chi connectivity index (χ0n) is 31.0. The number of fused-ring (bicyclic) bond motifs is 3. The number of hydrogen-bond acceptors (Lipinski definition) is 1. The van der Waals surface area contributed by atoms with Crippen molar-refractivity contribution in [2.75, 3.05) is 4.90 Å². The summed E-state index contributed by atoms with van der Waals surface area (Å²) in [4.78, 5) is 2.48. The Morgan fingerprint density at radius 1 is 0.286 bits per heavy atom. The molecule has 1 unspecified atom stereocenters. The van der Waals surface area contributed by atoms with Gasteiger partial charge in [-0.2, -0.15) is 0 Å². The smallest absolute Gasteiger partial charge is 0.0734 e. The Morgan fingerprint density at radius 2 is 0.750 bits per heavy atom. The van der Waals surface area contributed by atoms with Crippen LogP contribution < -0.4 is 4.90 Å². The minimum absolute atomic E-state index is 0.617. The monoisotopic (exact) mass is 713 g/mol. The Morgan fingerprint density at radius 3 is 1.41 bits per heavy atom. The molecule has 0 heterocycles. The summed E-state index contributed by atoms with van der Waals surface area (Å²) in [6.45, 7) is 0. The van der Waals surface area contributed by atoms with Crippen molar-refractivity contribution in [3.8, 4) is 44.5 Å². The molecule has 1 atom stereocenters. The van der Waals surface area contributed by atoms with Gasteiger partial charge in [-0.1, -0.05) is 200 Å². The Balaban J connectivity index is 1.27.